The summed E-state index contributed by atoms with van der Waals surface area (Å²) in [6, 6.07) is 16.0. The fourth-order valence-electron chi connectivity index (χ4n) is 5.28. The van der Waals surface area contributed by atoms with Gasteiger partial charge in [-0.2, -0.15) is 0 Å². The number of carbonyl (C=O) groups is 2. The van der Waals surface area contributed by atoms with E-state index >= 15 is 0 Å². The minimum atomic E-state index is -1.01. The third-order valence-corrected chi connectivity index (χ3v) is 7.58. The second-order valence-electron chi connectivity index (χ2n) is 10.0. The molecule has 6 heteroatoms. The minimum Gasteiger partial charge on any atom is -0.351 e. The fraction of sp³-hybridized carbons (Fsp3) is 0.444. The Morgan fingerprint density at radius 3 is 2.55 bits per heavy atom. The number of aromatic nitrogens is 2. The summed E-state index contributed by atoms with van der Waals surface area (Å²) in [5, 5.41) is 3.31. The zero-order valence-electron chi connectivity index (χ0n) is 19.7. The Bertz CT molecular complexity index is 1210. The van der Waals surface area contributed by atoms with Gasteiger partial charge >= 0.3 is 0 Å². The van der Waals surface area contributed by atoms with Crippen molar-refractivity contribution >= 4 is 22.8 Å². The molecule has 1 N–H and O–H groups in total. The van der Waals surface area contributed by atoms with E-state index in [9.17, 15) is 9.59 Å². The summed E-state index contributed by atoms with van der Waals surface area (Å²) in [5.41, 5.74) is 2.80. The number of carbonyl (C=O) groups excluding carboxylic acids is 2. The van der Waals surface area contributed by atoms with Crippen LogP contribution >= 0.6 is 0 Å². The largest absolute Gasteiger partial charge is 0.351 e. The van der Waals surface area contributed by atoms with E-state index in [0.717, 1.165) is 47.8 Å². The highest BCUT2D eigenvalue weighted by Crippen LogP contribution is 2.33. The number of amides is 2. The molecule has 1 aliphatic carbocycles. The molecule has 6 nitrogen and oxygen atoms in total. The summed E-state index contributed by atoms with van der Waals surface area (Å²) in [5.74, 6) is 0.840. The normalized spacial score (nSPS) is 25.2. The maximum Gasteiger partial charge on any atom is 0.291 e. The predicted octanol–water partition coefficient (Wildman–Crippen LogP) is 4.45. The molecule has 33 heavy (non-hydrogen) atoms. The summed E-state index contributed by atoms with van der Waals surface area (Å²) in [7, 11) is 0. The summed E-state index contributed by atoms with van der Waals surface area (Å²) >= 11 is 0. The van der Waals surface area contributed by atoms with Crippen LogP contribution in [0.25, 0.3) is 11.0 Å². The molecule has 1 aliphatic heterocycles. The van der Waals surface area contributed by atoms with Crippen LogP contribution < -0.4 is 5.32 Å². The lowest BCUT2D eigenvalue weighted by Crippen LogP contribution is -2.64. The van der Waals surface area contributed by atoms with Crippen LogP contribution in [-0.2, 0) is 17.9 Å². The van der Waals surface area contributed by atoms with E-state index in [4.69, 9.17) is 0 Å². The highest BCUT2D eigenvalue weighted by Gasteiger charge is 2.49. The van der Waals surface area contributed by atoms with Gasteiger partial charge in [-0.25, -0.2) is 4.98 Å². The number of aryl methyl sites for hydroxylation is 1. The molecule has 2 aliphatic rings. The van der Waals surface area contributed by atoms with Gasteiger partial charge in [-0.05, 0) is 68.7 Å². The summed E-state index contributed by atoms with van der Waals surface area (Å²) in [6.07, 6.45) is 4.25. The second-order valence-corrected chi connectivity index (χ2v) is 10.0. The van der Waals surface area contributed by atoms with Gasteiger partial charge in [0.2, 0.25) is 5.91 Å². The molecule has 0 saturated heterocycles. The van der Waals surface area contributed by atoms with Crippen LogP contribution in [0.3, 0.4) is 0 Å². The monoisotopic (exact) mass is 444 g/mol. The van der Waals surface area contributed by atoms with Crippen molar-refractivity contribution in [1.82, 2.24) is 19.8 Å². The summed E-state index contributed by atoms with van der Waals surface area (Å²) in [4.78, 5) is 34.0. The Morgan fingerprint density at radius 2 is 1.79 bits per heavy atom. The van der Waals surface area contributed by atoms with E-state index in [0.29, 0.717) is 24.8 Å². The Morgan fingerprint density at radius 1 is 1.09 bits per heavy atom. The Labute approximate surface area is 195 Å². The Hall–Kier alpha value is -3.15. The van der Waals surface area contributed by atoms with Crippen LogP contribution in [0.1, 0.15) is 61.3 Å². The van der Waals surface area contributed by atoms with Gasteiger partial charge in [0.1, 0.15) is 5.54 Å². The fourth-order valence-corrected chi connectivity index (χ4v) is 5.28. The number of hydrogen-bond donors (Lipinski definition) is 1. The molecule has 1 aromatic heterocycles. The first-order valence-electron chi connectivity index (χ1n) is 12.0. The van der Waals surface area contributed by atoms with Crippen LogP contribution in [0.5, 0.6) is 0 Å². The van der Waals surface area contributed by atoms with Crippen molar-refractivity contribution < 1.29 is 9.59 Å². The number of benzene rings is 2. The first-order valence-corrected chi connectivity index (χ1v) is 12.0. The molecule has 1 saturated carbocycles. The molecule has 0 unspecified atom stereocenters. The number of rotatable bonds is 4. The van der Waals surface area contributed by atoms with Gasteiger partial charge in [0.05, 0.1) is 17.6 Å². The quantitative estimate of drug-likeness (QED) is 0.646. The van der Waals surface area contributed by atoms with Crippen LogP contribution in [-0.4, -0.2) is 37.8 Å². The van der Waals surface area contributed by atoms with E-state index in [2.05, 4.69) is 17.2 Å². The van der Waals surface area contributed by atoms with Crippen molar-refractivity contribution in [3.63, 3.8) is 0 Å². The topological polar surface area (TPSA) is 67.2 Å². The maximum absolute atomic E-state index is 13.8. The molecule has 172 valence electrons. The van der Waals surface area contributed by atoms with Crippen molar-refractivity contribution in [2.24, 2.45) is 5.92 Å². The van der Waals surface area contributed by atoms with E-state index < -0.39 is 5.54 Å². The van der Waals surface area contributed by atoms with Gasteiger partial charge in [-0.3, -0.25) is 9.59 Å². The van der Waals surface area contributed by atoms with Crippen molar-refractivity contribution in [3.05, 3.63) is 65.5 Å². The average Bonchev–Trinajstić information content (AvgIpc) is 3.18. The first-order chi connectivity index (χ1) is 15.9. The lowest BCUT2D eigenvalue weighted by atomic mass is 9.86. The van der Waals surface area contributed by atoms with Gasteiger partial charge in [0.25, 0.3) is 5.91 Å². The molecule has 5 rings (SSSR count). The number of nitrogens with one attached hydrogen (secondary N) is 1. The zero-order chi connectivity index (χ0) is 23.2. The molecule has 0 bridgehead atoms. The highest BCUT2D eigenvalue weighted by molar-refractivity contribution is 6.01. The van der Waals surface area contributed by atoms with Crippen LogP contribution in [0, 0.1) is 12.8 Å². The lowest BCUT2D eigenvalue weighted by Gasteiger charge is -2.44. The second kappa shape index (κ2) is 8.32. The van der Waals surface area contributed by atoms with Crippen molar-refractivity contribution in [2.75, 3.05) is 0 Å². The molecule has 3 aromatic rings. The van der Waals surface area contributed by atoms with E-state index in [1.54, 1.807) is 4.90 Å². The van der Waals surface area contributed by atoms with Gasteiger partial charge in [0.15, 0.2) is 5.82 Å². The van der Waals surface area contributed by atoms with Crippen molar-refractivity contribution in [3.8, 4) is 0 Å². The number of para-hydroxylation sites is 2. The van der Waals surface area contributed by atoms with E-state index in [1.165, 1.54) is 0 Å². The van der Waals surface area contributed by atoms with Crippen LogP contribution in [0.2, 0.25) is 0 Å². The molecular weight excluding hydrogens is 412 g/mol. The number of fused-ring (bicyclic) bond motifs is 3. The smallest absolute Gasteiger partial charge is 0.291 e. The van der Waals surface area contributed by atoms with Gasteiger partial charge < -0.3 is 14.8 Å². The maximum atomic E-state index is 13.8. The van der Waals surface area contributed by atoms with Crippen molar-refractivity contribution in [2.45, 2.75) is 71.1 Å². The number of hydrogen-bond acceptors (Lipinski definition) is 3. The van der Waals surface area contributed by atoms with E-state index in [1.807, 2.05) is 66.9 Å². The molecule has 2 amide bonds. The Kier molecular flexibility index (Phi) is 5.47. The molecule has 2 heterocycles. The van der Waals surface area contributed by atoms with Crippen LogP contribution in [0.4, 0.5) is 0 Å². The first kappa shape index (κ1) is 21.7. The molecular formula is C27H32N4O2. The van der Waals surface area contributed by atoms with Gasteiger partial charge in [-0.1, -0.05) is 43.3 Å². The molecule has 0 radical (unpaired) electrons. The predicted molar refractivity (Wildman–Crippen MR) is 129 cm³/mol. The third kappa shape index (κ3) is 3.81. The SMILES string of the molecule is Cc1ccccc1CN1C(=O)c2nc3ccccc3n2C[C@@]1(C)C(=O)NC1CCC(C)CC1. The molecule has 1 fully saturated rings. The number of nitrogens with zero attached hydrogens (tertiary/aromatic N) is 3. The zero-order valence-corrected chi connectivity index (χ0v) is 19.7. The van der Waals surface area contributed by atoms with E-state index in [-0.39, 0.29) is 17.9 Å². The minimum absolute atomic E-state index is 0.0765. The van der Waals surface area contributed by atoms with Gasteiger partial charge in [-0.15, -0.1) is 0 Å². The summed E-state index contributed by atoms with van der Waals surface area (Å²) in [6.45, 7) is 6.98. The third-order valence-electron chi connectivity index (χ3n) is 7.58. The molecule has 0 spiro atoms. The molecule has 1 atom stereocenters. The van der Waals surface area contributed by atoms with Crippen molar-refractivity contribution in [1.29, 1.82) is 0 Å². The Balaban J connectivity index is 1.54. The number of imidazole rings is 1. The average molecular weight is 445 g/mol. The standard InChI is InChI=1S/C27H32N4O2/c1-18-12-14-21(15-13-18)28-26(33)27(3)17-30-23-11-7-6-10-22(23)29-24(30)25(32)31(27)16-20-9-5-4-8-19(20)2/h4-11,18,21H,12-17H2,1-3H3,(H,28,33)/t18?,21?,27-/m0/s1. The molecule has 2 aromatic carbocycles. The van der Waals surface area contributed by atoms with Gasteiger partial charge in [0, 0.05) is 12.6 Å². The van der Waals surface area contributed by atoms with Crippen LogP contribution in [0.15, 0.2) is 48.5 Å². The highest BCUT2D eigenvalue weighted by atomic mass is 16.2. The summed E-state index contributed by atoms with van der Waals surface area (Å²) < 4.78 is 1.93. The lowest BCUT2D eigenvalue weighted by molar-refractivity contribution is -0.134.